The molecule has 0 heterocycles. The summed E-state index contributed by atoms with van der Waals surface area (Å²) in [6.07, 6.45) is 1.89. The van der Waals surface area contributed by atoms with E-state index >= 15 is 0 Å². The molecule has 0 unspecified atom stereocenters. The van der Waals surface area contributed by atoms with Gasteiger partial charge in [-0.3, -0.25) is 4.79 Å². The van der Waals surface area contributed by atoms with Crippen LogP contribution in [0.2, 0.25) is 0 Å². The van der Waals surface area contributed by atoms with Crippen molar-refractivity contribution in [1.82, 2.24) is 5.32 Å². The lowest BCUT2D eigenvalue weighted by atomic mass is 9.83. The van der Waals surface area contributed by atoms with Crippen LogP contribution < -0.4 is 11.1 Å². The third kappa shape index (κ3) is 4.56. The Morgan fingerprint density at radius 1 is 1.26 bits per heavy atom. The van der Waals surface area contributed by atoms with E-state index in [0.717, 1.165) is 25.0 Å². The maximum Gasteiger partial charge on any atom is 0.230 e. The average Bonchev–Trinajstić information content (AvgIpc) is 2.38. The molecule has 4 nitrogen and oxygen atoms in total. The quantitative estimate of drug-likeness (QED) is 0.585. The van der Waals surface area contributed by atoms with Crippen LogP contribution in [-0.2, 0) is 14.9 Å². The fourth-order valence-corrected chi connectivity index (χ4v) is 1.83. The van der Waals surface area contributed by atoms with Gasteiger partial charge in [0.05, 0.1) is 5.41 Å². The Bertz CT molecular complexity index is 399. The van der Waals surface area contributed by atoms with E-state index in [-0.39, 0.29) is 5.91 Å². The van der Waals surface area contributed by atoms with Crippen LogP contribution in [-0.4, -0.2) is 26.2 Å². The van der Waals surface area contributed by atoms with Gasteiger partial charge in [0.15, 0.2) is 0 Å². The maximum atomic E-state index is 12.2. The van der Waals surface area contributed by atoms with E-state index in [1.807, 2.05) is 38.1 Å². The Morgan fingerprint density at radius 2 is 1.89 bits per heavy atom. The molecule has 1 amide bonds. The molecule has 4 heteroatoms. The standard InChI is InChI=1S/C15H24N2O2/c1-15(2,12-6-8-13(16)9-7-12)14(18)17-10-4-5-11-19-3/h6-9H,4-5,10-11,16H2,1-3H3,(H,17,18). The van der Waals surface area contributed by atoms with Gasteiger partial charge in [-0.2, -0.15) is 0 Å². The third-order valence-electron chi connectivity index (χ3n) is 3.26. The van der Waals surface area contributed by atoms with Gasteiger partial charge in [-0.15, -0.1) is 0 Å². The van der Waals surface area contributed by atoms with Crippen molar-refractivity contribution in [3.05, 3.63) is 29.8 Å². The van der Waals surface area contributed by atoms with E-state index in [1.165, 1.54) is 0 Å². The van der Waals surface area contributed by atoms with Crippen LogP contribution in [0.3, 0.4) is 0 Å². The molecule has 0 saturated heterocycles. The second-order valence-corrected chi connectivity index (χ2v) is 5.20. The van der Waals surface area contributed by atoms with Crippen molar-refractivity contribution in [1.29, 1.82) is 0 Å². The number of amides is 1. The van der Waals surface area contributed by atoms with Crippen LogP contribution in [0.4, 0.5) is 5.69 Å². The number of anilines is 1. The molecule has 19 heavy (non-hydrogen) atoms. The minimum Gasteiger partial charge on any atom is -0.399 e. The van der Waals surface area contributed by atoms with Gasteiger partial charge in [0.25, 0.3) is 0 Å². The van der Waals surface area contributed by atoms with Crippen LogP contribution in [0.25, 0.3) is 0 Å². The number of carbonyl (C=O) groups excluding carboxylic acids is 1. The van der Waals surface area contributed by atoms with Gasteiger partial charge in [0, 0.05) is 25.9 Å². The first kappa shape index (κ1) is 15.5. The van der Waals surface area contributed by atoms with Crippen molar-refractivity contribution >= 4 is 11.6 Å². The van der Waals surface area contributed by atoms with Gasteiger partial charge in [0.2, 0.25) is 5.91 Å². The minimum absolute atomic E-state index is 0.0367. The van der Waals surface area contributed by atoms with Gasteiger partial charge in [-0.25, -0.2) is 0 Å². The summed E-state index contributed by atoms with van der Waals surface area (Å²) >= 11 is 0. The van der Waals surface area contributed by atoms with Crippen molar-refractivity contribution in [3.63, 3.8) is 0 Å². The highest BCUT2D eigenvalue weighted by atomic mass is 16.5. The third-order valence-corrected chi connectivity index (χ3v) is 3.26. The van der Waals surface area contributed by atoms with Gasteiger partial charge in [-0.1, -0.05) is 12.1 Å². The number of hydrogen-bond donors (Lipinski definition) is 2. The van der Waals surface area contributed by atoms with Gasteiger partial charge in [0.1, 0.15) is 0 Å². The summed E-state index contributed by atoms with van der Waals surface area (Å²) in [7, 11) is 1.68. The Hall–Kier alpha value is -1.55. The lowest BCUT2D eigenvalue weighted by molar-refractivity contribution is -0.125. The van der Waals surface area contributed by atoms with E-state index in [0.29, 0.717) is 12.2 Å². The smallest absolute Gasteiger partial charge is 0.230 e. The SMILES string of the molecule is COCCCCNC(=O)C(C)(C)c1ccc(N)cc1. The predicted molar refractivity (Wildman–Crippen MR) is 78.0 cm³/mol. The summed E-state index contributed by atoms with van der Waals surface area (Å²) in [5.74, 6) is 0.0367. The summed E-state index contributed by atoms with van der Waals surface area (Å²) < 4.78 is 4.97. The summed E-state index contributed by atoms with van der Waals surface area (Å²) in [5.41, 5.74) is 6.79. The molecular formula is C15H24N2O2. The molecule has 0 aliphatic rings. The molecular weight excluding hydrogens is 240 g/mol. The number of methoxy groups -OCH3 is 1. The normalized spacial score (nSPS) is 11.3. The highest BCUT2D eigenvalue weighted by molar-refractivity contribution is 5.87. The lowest BCUT2D eigenvalue weighted by Crippen LogP contribution is -2.40. The molecule has 0 spiro atoms. The zero-order chi connectivity index (χ0) is 14.3. The monoisotopic (exact) mass is 264 g/mol. The number of nitrogens with one attached hydrogen (secondary N) is 1. The Morgan fingerprint density at radius 3 is 2.47 bits per heavy atom. The summed E-state index contributed by atoms with van der Waals surface area (Å²) in [6.45, 7) is 5.25. The van der Waals surface area contributed by atoms with E-state index in [4.69, 9.17) is 10.5 Å². The Balaban J connectivity index is 2.52. The predicted octanol–water partition coefficient (Wildman–Crippen LogP) is 2.09. The van der Waals surface area contributed by atoms with E-state index < -0.39 is 5.41 Å². The van der Waals surface area contributed by atoms with E-state index in [1.54, 1.807) is 7.11 Å². The molecule has 0 radical (unpaired) electrons. The lowest BCUT2D eigenvalue weighted by Gasteiger charge is -2.24. The van der Waals surface area contributed by atoms with Crippen LogP contribution >= 0.6 is 0 Å². The molecule has 0 saturated carbocycles. The van der Waals surface area contributed by atoms with Crippen LogP contribution in [0, 0.1) is 0 Å². The van der Waals surface area contributed by atoms with Crippen molar-refractivity contribution in [3.8, 4) is 0 Å². The maximum absolute atomic E-state index is 12.2. The molecule has 0 atom stereocenters. The molecule has 0 aliphatic heterocycles. The molecule has 0 fully saturated rings. The molecule has 0 bridgehead atoms. The second kappa shape index (κ2) is 7.14. The van der Waals surface area contributed by atoms with Gasteiger partial charge in [-0.05, 0) is 44.4 Å². The summed E-state index contributed by atoms with van der Waals surface area (Å²) in [6, 6.07) is 7.45. The molecule has 106 valence electrons. The number of unbranched alkanes of at least 4 members (excludes halogenated alkanes) is 1. The Kier molecular flexibility index (Phi) is 5.83. The number of ether oxygens (including phenoxy) is 1. The average molecular weight is 264 g/mol. The van der Waals surface area contributed by atoms with Crippen LogP contribution in [0.15, 0.2) is 24.3 Å². The van der Waals surface area contributed by atoms with Crippen molar-refractivity contribution in [2.75, 3.05) is 26.0 Å². The van der Waals surface area contributed by atoms with Crippen molar-refractivity contribution in [2.45, 2.75) is 32.1 Å². The largest absolute Gasteiger partial charge is 0.399 e. The molecule has 0 aliphatic carbocycles. The van der Waals surface area contributed by atoms with Crippen LogP contribution in [0.1, 0.15) is 32.3 Å². The molecule has 0 aromatic heterocycles. The number of nitrogen functional groups attached to an aromatic ring is 1. The van der Waals surface area contributed by atoms with Crippen molar-refractivity contribution in [2.24, 2.45) is 0 Å². The minimum atomic E-state index is -0.547. The Labute approximate surface area is 115 Å². The second-order valence-electron chi connectivity index (χ2n) is 5.20. The number of carbonyl (C=O) groups is 1. The topological polar surface area (TPSA) is 64.3 Å². The van der Waals surface area contributed by atoms with E-state index in [9.17, 15) is 4.79 Å². The first-order valence-corrected chi connectivity index (χ1v) is 6.61. The zero-order valence-electron chi connectivity index (χ0n) is 12.0. The van der Waals surface area contributed by atoms with Crippen molar-refractivity contribution < 1.29 is 9.53 Å². The fraction of sp³-hybridized carbons (Fsp3) is 0.533. The number of nitrogens with two attached hydrogens (primary N) is 1. The highest BCUT2D eigenvalue weighted by Gasteiger charge is 2.29. The molecule has 1 rings (SSSR count). The summed E-state index contributed by atoms with van der Waals surface area (Å²) in [5, 5.41) is 2.97. The molecule has 1 aromatic carbocycles. The van der Waals surface area contributed by atoms with Gasteiger partial charge < -0.3 is 15.8 Å². The first-order valence-electron chi connectivity index (χ1n) is 6.61. The zero-order valence-corrected chi connectivity index (χ0v) is 12.0. The number of rotatable bonds is 7. The van der Waals surface area contributed by atoms with Crippen LogP contribution in [0.5, 0.6) is 0 Å². The fourth-order valence-electron chi connectivity index (χ4n) is 1.83. The number of hydrogen-bond acceptors (Lipinski definition) is 3. The highest BCUT2D eigenvalue weighted by Crippen LogP contribution is 2.24. The van der Waals surface area contributed by atoms with Gasteiger partial charge >= 0.3 is 0 Å². The number of benzene rings is 1. The summed E-state index contributed by atoms with van der Waals surface area (Å²) in [4.78, 5) is 12.2. The first-order chi connectivity index (χ1) is 8.98. The molecule has 1 aromatic rings. The van der Waals surface area contributed by atoms with E-state index in [2.05, 4.69) is 5.32 Å². The molecule has 3 N–H and O–H groups in total.